The second-order valence-corrected chi connectivity index (χ2v) is 8.18. The van der Waals surface area contributed by atoms with E-state index in [-0.39, 0.29) is 0 Å². The minimum Gasteiger partial charge on any atom is -0.497 e. The number of fused-ring (bicyclic) bond motifs is 1. The largest absolute Gasteiger partial charge is 0.497 e. The molecule has 0 amide bonds. The van der Waals surface area contributed by atoms with Gasteiger partial charge in [0.2, 0.25) is 0 Å². The van der Waals surface area contributed by atoms with Crippen molar-refractivity contribution in [2.75, 3.05) is 26.9 Å². The van der Waals surface area contributed by atoms with Gasteiger partial charge in [-0.1, -0.05) is 12.1 Å². The molecule has 4 rings (SSSR count). The second kappa shape index (κ2) is 10.4. The van der Waals surface area contributed by atoms with Crippen molar-refractivity contribution in [1.29, 1.82) is 0 Å². The van der Waals surface area contributed by atoms with Gasteiger partial charge < -0.3 is 14.6 Å². The topological polar surface area (TPSA) is 76.8 Å². The average molecular weight is 455 g/mol. The first-order valence-electron chi connectivity index (χ1n) is 10.4. The third kappa shape index (κ3) is 6.70. The van der Waals surface area contributed by atoms with Gasteiger partial charge in [0.05, 0.1) is 19.9 Å². The van der Waals surface area contributed by atoms with Gasteiger partial charge in [-0.05, 0) is 36.5 Å². The highest BCUT2D eigenvalue weighted by Gasteiger charge is 2.38. The number of methoxy groups -OCH3 is 1. The molecule has 7 nitrogen and oxygen atoms in total. The van der Waals surface area contributed by atoms with E-state index in [1.54, 1.807) is 7.11 Å². The average Bonchev–Trinajstić information content (AvgIpc) is 3.49. The van der Waals surface area contributed by atoms with Crippen molar-refractivity contribution < 1.29 is 32.5 Å². The molecule has 32 heavy (non-hydrogen) atoms. The van der Waals surface area contributed by atoms with Crippen LogP contribution in [0, 0.1) is 5.92 Å². The molecule has 0 spiro atoms. The third-order valence-electron chi connectivity index (χ3n) is 5.48. The molecule has 1 aliphatic carbocycles. The Balaban J connectivity index is 0.000000360. The van der Waals surface area contributed by atoms with Crippen molar-refractivity contribution in [1.82, 2.24) is 14.7 Å². The summed E-state index contributed by atoms with van der Waals surface area (Å²) in [6.45, 7) is 4.58. The van der Waals surface area contributed by atoms with Gasteiger partial charge in [0, 0.05) is 50.5 Å². The molecular weight excluding hydrogens is 427 g/mol. The summed E-state index contributed by atoms with van der Waals surface area (Å²) in [7, 11) is 3.76. The summed E-state index contributed by atoms with van der Waals surface area (Å²) in [5, 5.41) is 11.6. The van der Waals surface area contributed by atoms with Crippen LogP contribution in [-0.2, 0) is 29.7 Å². The van der Waals surface area contributed by atoms with Crippen molar-refractivity contribution in [3.8, 4) is 5.75 Å². The van der Waals surface area contributed by atoms with Crippen LogP contribution in [-0.4, -0.2) is 58.8 Å². The van der Waals surface area contributed by atoms with Crippen molar-refractivity contribution in [2.24, 2.45) is 13.0 Å². The van der Waals surface area contributed by atoms with Gasteiger partial charge in [-0.25, -0.2) is 4.79 Å². The van der Waals surface area contributed by atoms with Crippen molar-refractivity contribution in [3.63, 3.8) is 0 Å². The number of carbonyl (C=O) groups is 1. The van der Waals surface area contributed by atoms with E-state index >= 15 is 0 Å². The number of rotatable bonds is 7. The van der Waals surface area contributed by atoms with Gasteiger partial charge in [0.25, 0.3) is 0 Å². The number of nitrogens with zero attached hydrogens (tertiary/aromatic N) is 3. The number of hydrogen-bond donors (Lipinski definition) is 1. The number of benzene rings is 1. The van der Waals surface area contributed by atoms with E-state index in [0.717, 1.165) is 44.5 Å². The maximum atomic E-state index is 10.6. The molecule has 1 N–H and O–H groups in total. The maximum Gasteiger partial charge on any atom is 0.490 e. The highest BCUT2D eigenvalue weighted by molar-refractivity contribution is 5.73. The van der Waals surface area contributed by atoms with E-state index in [2.05, 4.69) is 28.2 Å². The van der Waals surface area contributed by atoms with Crippen LogP contribution in [0.3, 0.4) is 0 Å². The Morgan fingerprint density at radius 1 is 1.28 bits per heavy atom. The molecule has 176 valence electrons. The lowest BCUT2D eigenvalue weighted by molar-refractivity contribution is -0.192. The van der Waals surface area contributed by atoms with Crippen LogP contribution in [0.25, 0.3) is 0 Å². The van der Waals surface area contributed by atoms with E-state index in [1.165, 1.54) is 29.7 Å². The summed E-state index contributed by atoms with van der Waals surface area (Å²) in [6.07, 6.45) is -0.395. The van der Waals surface area contributed by atoms with Crippen molar-refractivity contribution >= 4 is 5.97 Å². The first-order valence-corrected chi connectivity index (χ1v) is 10.4. The summed E-state index contributed by atoms with van der Waals surface area (Å²) >= 11 is 0. The van der Waals surface area contributed by atoms with Gasteiger partial charge in [0.15, 0.2) is 0 Å². The lowest BCUT2D eigenvalue weighted by Gasteiger charge is -2.33. The molecule has 1 unspecified atom stereocenters. The zero-order valence-electron chi connectivity index (χ0n) is 18.1. The predicted molar refractivity (Wildman–Crippen MR) is 110 cm³/mol. The quantitative estimate of drug-likeness (QED) is 0.688. The van der Waals surface area contributed by atoms with Gasteiger partial charge in [-0.2, -0.15) is 18.3 Å². The Labute approximate surface area is 184 Å². The Bertz CT molecular complexity index is 912. The zero-order chi connectivity index (χ0) is 23.3. The van der Waals surface area contributed by atoms with E-state index in [4.69, 9.17) is 19.4 Å². The highest BCUT2D eigenvalue weighted by Crippen LogP contribution is 2.32. The molecule has 1 aromatic carbocycles. The summed E-state index contributed by atoms with van der Waals surface area (Å²) in [4.78, 5) is 11.4. The molecule has 1 aromatic heterocycles. The smallest absolute Gasteiger partial charge is 0.490 e. The summed E-state index contributed by atoms with van der Waals surface area (Å²) in [5.74, 6) is -0.642. The van der Waals surface area contributed by atoms with Crippen LogP contribution in [0.1, 0.15) is 35.6 Å². The fourth-order valence-corrected chi connectivity index (χ4v) is 3.79. The number of halogens is 3. The van der Waals surface area contributed by atoms with E-state index in [0.29, 0.717) is 5.92 Å². The Kier molecular flexibility index (Phi) is 7.78. The lowest BCUT2D eigenvalue weighted by atomic mass is 9.96. The molecule has 0 radical (unpaired) electrons. The number of carboxylic acids is 1. The third-order valence-corrected chi connectivity index (χ3v) is 5.48. The van der Waals surface area contributed by atoms with Crippen LogP contribution >= 0.6 is 0 Å². The standard InChI is InChI=1S/C20H27N3O2.C2HF3O2/c1-22-20-17(9-21-22)11-23(10-16-4-3-5-19(8-16)24-2)12-18(20)14-25-13-15-6-7-15;3-2(4,5)1(6)7/h3-5,8-9,15,18H,6-7,10-14H2,1-2H3;(H,6,7). The van der Waals surface area contributed by atoms with E-state index < -0.39 is 12.1 Å². The minimum atomic E-state index is -5.08. The zero-order valence-corrected chi connectivity index (χ0v) is 18.1. The van der Waals surface area contributed by atoms with Crippen LogP contribution in [0.5, 0.6) is 5.75 Å². The fourth-order valence-electron chi connectivity index (χ4n) is 3.79. The van der Waals surface area contributed by atoms with Crippen molar-refractivity contribution in [2.45, 2.75) is 38.0 Å². The summed E-state index contributed by atoms with van der Waals surface area (Å²) in [6, 6.07) is 8.34. The normalized spacial score (nSPS) is 18.5. The molecule has 10 heteroatoms. The summed E-state index contributed by atoms with van der Waals surface area (Å²) in [5.41, 5.74) is 3.96. The van der Waals surface area contributed by atoms with Crippen LogP contribution < -0.4 is 4.74 Å². The van der Waals surface area contributed by atoms with Crippen LogP contribution in [0.2, 0.25) is 0 Å². The van der Waals surface area contributed by atoms with Crippen molar-refractivity contribution in [3.05, 3.63) is 47.3 Å². The first kappa shape index (κ1) is 24.1. The molecule has 2 aromatic rings. The number of aliphatic carboxylic acids is 1. The molecule has 1 fully saturated rings. The maximum absolute atomic E-state index is 10.6. The number of ether oxygens (including phenoxy) is 2. The number of aromatic nitrogens is 2. The van der Waals surface area contributed by atoms with Crippen LogP contribution in [0.4, 0.5) is 13.2 Å². The summed E-state index contributed by atoms with van der Waals surface area (Å²) < 4.78 is 45.1. The number of carboxylic acid groups (broad SMARTS) is 1. The molecule has 1 aliphatic heterocycles. The van der Waals surface area contributed by atoms with Crippen LogP contribution in [0.15, 0.2) is 30.5 Å². The molecule has 0 bridgehead atoms. The van der Waals surface area contributed by atoms with Gasteiger partial charge in [-0.3, -0.25) is 9.58 Å². The Morgan fingerprint density at radius 2 is 2.00 bits per heavy atom. The molecule has 2 aliphatic rings. The predicted octanol–water partition coefficient (Wildman–Crippen LogP) is 3.59. The van der Waals surface area contributed by atoms with E-state index in [9.17, 15) is 13.2 Å². The van der Waals surface area contributed by atoms with Gasteiger partial charge in [-0.15, -0.1) is 0 Å². The molecule has 2 heterocycles. The molecular formula is C22H28F3N3O4. The first-order chi connectivity index (χ1) is 15.2. The molecule has 1 atom stereocenters. The van der Waals surface area contributed by atoms with Gasteiger partial charge in [0.1, 0.15) is 5.75 Å². The molecule has 0 saturated heterocycles. The minimum absolute atomic E-state index is 0.389. The molecule has 1 saturated carbocycles. The SMILES string of the molecule is COc1cccc(CN2Cc3cnn(C)c3C(COCC3CC3)C2)c1.O=C(O)C(F)(F)F. The van der Waals surface area contributed by atoms with Gasteiger partial charge >= 0.3 is 12.1 Å². The monoisotopic (exact) mass is 455 g/mol. The number of aryl methyl sites for hydroxylation is 1. The second-order valence-electron chi connectivity index (χ2n) is 8.18. The Morgan fingerprint density at radius 3 is 2.62 bits per heavy atom. The fraction of sp³-hybridized carbons (Fsp3) is 0.545. The Hall–Kier alpha value is -2.59. The number of alkyl halides is 3. The van der Waals surface area contributed by atoms with E-state index in [1.807, 2.05) is 24.0 Å². The number of hydrogen-bond acceptors (Lipinski definition) is 5. The lowest BCUT2D eigenvalue weighted by Crippen LogP contribution is -2.35. The highest BCUT2D eigenvalue weighted by atomic mass is 19.4.